The van der Waals surface area contributed by atoms with Crippen molar-refractivity contribution in [3.05, 3.63) is 73.8 Å². The number of esters is 1. The lowest BCUT2D eigenvalue weighted by molar-refractivity contribution is -0.385. The van der Waals surface area contributed by atoms with E-state index < -0.39 is 16.6 Å². The third-order valence-corrected chi connectivity index (χ3v) is 4.28. The molecule has 0 amide bonds. The molecule has 0 N–H and O–H groups in total. The summed E-state index contributed by atoms with van der Waals surface area (Å²) < 4.78 is 17.1. The predicted octanol–water partition coefficient (Wildman–Crippen LogP) is 2.68. The second-order valence-corrected chi connectivity index (χ2v) is 6.23. The number of methoxy groups -OCH3 is 1. The van der Waals surface area contributed by atoms with Crippen molar-refractivity contribution in [3.63, 3.8) is 0 Å². The van der Waals surface area contributed by atoms with Gasteiger partial charge in [0.05, 0.1) is 30.4 Å². The van der Waals surface area contributed by atoms with Gasteiger partial charge in [0, 0.05) is 17.8 Å². The first-order valence-corrected chi connectivity index (χ1v) is 9.00. The minimum atomic E-state index is -0.950. The van der Waals surface area contributed by atoms with Crippen LogP contribution in [0.15, 0.2) is 41.2 Å². The van der Waals surface area contributed by atoms with Crippen molar-refractivity contribution in [1.82, 2.24) is 9.38 Å². The normalized spacial score (nSPS) is 10.6. The summed E-state index contributed by atoms with van der Waals surface area (Å²) >= 11 is 0. The highest BCUT2D eigenvalue weighted by atomic mass is 16.6. The Bertz CT molecular complexity index is 1190. The van der Waals surface area contributed by atoms with Crippen LogP contribution in [0.5, 0.6) is 11.5 Å². The van der Waals surface area contributed by atoms with Crippen molar-refractivity contribution in [3.8, 4) is 11.5 Å². The number of ether oxygens (including phenoxy) is 3. The van der Waals surface area contributed by atoms with Crippen LogP contribution in [0.25, 0.3) is 5.65 Å². The van der Waals surface area contributed by atoms with Crippen LogP contribution in [0.1, 0.15) is 28.7 Å². The SMILES string of the molecule is CCOc1cc([N+](=O)[O-])c(C(=O)OCc2cc(=O)n3c(C)cccc3n2)cc1OC. The Morgan fingerprint density at radius 1 is 1.23 bits per heavy atom. The molecule has 3 rings (SSSR count). The molecule has 0 atom stereocenters. The lowest BCUT2D eigenvalue weighted by Gasteiger charge is -2.12. The summed E-state index contributed by atoms with van der Waals surface area (Å²) in [6.45, 7) is 3.42. The van der Waals surface area contributed by atoms with Gasteiger partial charge in [-0.15, -0.1) is 0 Å². The summed E-state index contributed by atoms with van der Waals surface area (Å²) in [6, 6.07) is 8.74. The minimum Gasteiger partial charge on any atom is -0.493 e. The Morgan fingerprint density at radius 2 is 2.00 bits per heavy atom. The van der Waals surface area contributed by atoms with Crippen molar-refractivity contribution < 1.29 is 23.9 Å². The molecule has 0 spiro atoms. The number of nitro benzene ring substituents is 1. The van der Waals surface area contributed by atoms with Crippen LogP contribution in [0.4, 0.5) is 5.69 Å². The highest BCUT2D eigenvalue weighted by Crippen LogP contribution is 2.35. The highest BCUT2D eigenvalue weighted by molar-refractivity contribution is 5.95. The monoisotopic (exact) mass is 413 g/mol. The van der Waals surface area contributed by atoms with Gasteiger partial charge in [0.1, 0.15) is 17.8 Å². The number of carbonyl (C=O) groups excluding carboxylic acids is 1. The Hall–Kier alpha value is -3.95. The molecular formula is C20H19N3O7. The maximum atomic E-state index is 12.5. The molecule has 10 heteroatoms. The van der Waals surface area contributed by atoms with E-state index in [2.05, 4.69) is 4.98 Å². The first-order valence-electron chi connectivity index (χ1n) is 9.00. The van der Waals surface area contributed by atoms with Gasteiger partial charge in [-0.25, -0.2) is 9.78 Å². The standard InChI is InChI=1S/C20H19N3O7/c1-4-29-17-10-15(23(26)27)14(9-16(17)28-3)20(25)30-11-13-8-19(24)22-12(2)6-5-7-18(22)21-13/h5-10H,4,11H2,1-3H3. The third kappa shape index (κ3) is 4.07. The van der Waals surface area contributed by atoms with E-state index in [1.54, 1.807) is 32.0 Å². The molecule has 3 aromatic rings. The number of nitrogens with zero attached hydrogens (tertiary/aromatic N) is 3. The number of benzene rings is 1. The smallest absolute Gasteiger partial charge is 0.345 e. The van der Waals surface area contributed by atoms with Crippen LogP contribution in [0, 0.1) is 17.0 Å². The van der Waals surface area contributed by atoms with Gasteiger partial charge in [-0.2, -0.15) is 0 Å². The largest absolute Gasteiger partial charge is 0.493 e. The van der Waals surface area contributed by atoms with Gasteiger partial charge in [-0.05, 0) is 26.0 Å². The Kier molecular flexibility index (Phi) is 5.95. The molecule has 30 heavy (non-hydrogen) atoms. The van der Waals surface area contributed by atoms with E-state index in [0.717, 1.165) is 6.07 Å². The van der Waals surface area contributed by atoms with E-state index in [4.69, 9.17) is 14.2 Å². The zero-order valence-electron chi connectivity index (χ0n) is 16.6. The molecule has 0 aliphatic carbocycles. The number of carbonyl (C=O) groups is 1. The summed E-state index contributed by atoms with van der Waals surface area (Å²) in [5.74, 6) is -0.649. The predicted molar refractivity (Wildman–Crippen MR) is 106 cm³/mol. The van der Waals surface area contributed by atoms with Gasteiger partial charge < -0.3 is 14.2 Å². The molecule has 0 unspecified atom stereocenters. The molecule has 2 heterocycles. The zero-order valence-corrected chi connectivity index (χ0v) is 16.6. The Labute approximate surface area is 170 Å². The van der Waals surface area contributed by atoms with Gasteiger partial charge in [-0.1, -0.05) is 6.07 Å². The molecular weight excluding hydrogens is 394 g/mol. The number of pyridine rings is 1. The maximum absolute atomic E-state index is 12.5. The Morgan fingerprint density at radius 3 is 2.67 bits per heavy atom. The quantitative estimate of drug-likeness (QED) is 0.329. The van der Waals surface area contributed by atoms with Crippen LogP contribution in [0.2, 0.25) is 0 Å². The number of aryl methyl sites for hydroxylation is 1. The van der Waals surface area contributed by atoms with Gasteiger partial charge >= 0.3 is 5.97 Å². The van der Waals surface area contributed by atoms with Crippen LogP contribution in [-0.2, 0) is 11.3 Å². The number of rotatable bonds is 7. The van der Waals surface area contributed by atoms with Crippen molar-refractivity contribution >= 4 is 17.3 Å². The topological polar surface area (TPSA) is 122 Å². The molecule has 156 valence electrons. The minimum absolute atomic E-state index is 0.142. The van der Waals surface area contributed by atoms with Crippen LogP contribution < -0.4 is 15.0 Å². The van der Waals surface area contributed by atoms with E-state index in [1.165, 1.54) is 23.6 Å². The molecule has 0 saturated heterocycles. The summed E-state index contributed by atoms with van der Waals surface area (Å²) in [6.07, 6.45) is 0. The second kappa shape index (κ2) is 8.60. The average molecular weight is 413 g/mol. The maximum Gasteiger partial charge on any atom is 0.345 e. The first kappa shape index (κ1) is 20.8. The van der Waals surface area contributed by atoms with E-state index in [9.17, 15) is 19.7 Å². The van der Waals surface area contributed by atoms with E-state index >= 15 is 0 Å². The summed E-state index contributed by atoms with van der Waals surface area (Å²) in [5.41, 5.74) is 0.241. The Balaban J connectivity index is 1.90. The van der Waals surface area contributed by atoms with E-state index in [0.29, 0.717) is 11.3 Å². The number of hydrogen-bond acceptors (Lipinski definition) is 8. The molecule has 0 fully saturated rings. The molecule has 2 aromatic heterocycles. The fraction of sp³-hybridized carbons (Fsp3) is 0.250. The molecule has 0 aliphatic heterocycles. The number of hydrogen-bond donors (Lipinski definition) is 0. The third-order valence-electron chi connectivity index (χ3n) is 4.28. The molecule has 0 radical (unpaired) electrons. The molecule has 0 aliphatic rings. The lowest BCUT2D eigenvalue weighted by atomic mass is 10.1. The molecule has 0 saturated carbocycles. The number of aromatic nitrogens is 2. The molecule has 1 aromatic carbocycles. The summed E-state index contributed by atoms with van der Waals surface area (Å²) in [7, 11) is 1.35. The lowest BCUT2D eigenvalue weighted by Crippen LogP contribution is -2.18. The zero-order chi connectivity index (χ0) is 21.8. The first-order chi connectivity index (χ1) is 14.3. The van der Waals surface area contributed by atoms with Gasteiger partial charge in [0.2, 0.25) is 0 Å². The van der Waals surface area contributed by atoms with Crippen molar-refractivity contribution in [2.75, 3.05) is 13.7 Å². The number of nitro groups is 1. The highest BCUT2D eigenvalue weighted by Gasteiger charge is 2.26. The van der Waals surface area contributed by atoms with Crippen LogP contribution in [0.3, 0.4) is 0 Å². The summed E-state index contributed by atoms with van der Waals surface area (Å²) in [4.78, 5) is 39.9. The molecule has 0 bridgehead atoms. The van der Waals surface area contributed by atoms with Gasteiger partial charge in [0.25, 0.3) is 11.2 Å². The van der Waals surface area contributed by atoms with Crippen LogP contribution in [-0.4, -0.2) is 34.0 Å². The van der Waals surface area contributed by atoms with Crippen LogP contribution >= 0.6 is 0 Å². The van der Waals surface area contributed by atoms with E-state index in [-0.39, 0.29) is 41.5 Å². The number of fused-ring (bicyclic) bond motifs is 1. The average Bonchev–Trinajstić information content (AvgIpc) is 2.71. The summed E-state index contributed by atoms with van der Waals surface area (Å²) in [5, 5.41) is 11.4. The fourth-order valence-corrected chi connectivity index (χ4v) is 2.95. The van der Waals surface area contributed by atoms with Crippen molar-refractivity contribution in [1.29, 1.82) is 0 Å². The second-order valence-electron chi connectivity index (χ2n) is 6.23. The van der Waals surface area contributed by atoms with Gasteiger partial charge in [0.15, 0.2) is 11.5 Å². The van der Waals surface area contributed by atoms with E-state index in [1.807, 2.05) is 0 Å². The molecule has 10 nitrogen and oxygen atoms in total. The van der Waals surface area contributed by atoms with Crippen molar-refractivity contribution in [2.45, 2.75) is 20.5 Å². The van der Waals surface area contributed by atoms with Crippen molar-refractivity contribution in [2.24, 2.45) is 0 Å². The van der Waals surface area contributed by atoms with Gasteiger partial charge in [-0.3, -0.25) is 19.3 Å². The fourth-order valence-electron chi connectivity index (χ4n) is 2.95.